The summed E-state index contributed by atoms with van der Waals surface area (Å²) in [5.74, 6) is 1.76. The molecule has 0 radical (unpaired) electrons. The molecular formula is C19H26N2O. The minimum atomic E-state index is 0.533. The third-order valence-corrected chi connectivity index (χ3v) is 4.89. The zero-order valence-electron chi connectivity index (χ0n) is 14.0. The average Bonchev–Trinajstić information content (AvgIpc) is 2.89. The number of benzene rings is 1. The summed E-state index contributed by atoms with van der Waals surface area (Å²) < 4.78 is 7.50. The summed E-state index contributed by atoms with van der Waals surface area (Å²) in [6, 6.07) is 10.5. The molecule has 0 aliphatic heterocycles. The van der Waals surface area contributed by atoms with Crippen molar-refractivity contribution in [1.82, 2.24) is 9.78 Å². The molecular weight excluding hydrogens is 272 g/mol. The van der Waals surface area contributed by atoms with Gasteiger partial charge in [-0.2, -0.15) is 5.10 Å². The van der Waals surface area contributed by atoms with E-state index in [0.717, 1.165) is 5.69 Å². The Hall–Kier alpha value is -1.61. The van der Waals surface area contributed by atoms with Crippen LogP contribution in [0.25, 0.3) is 11.3 Å². The van der Waals surface area contributed by atoms with Gasteiger partial charge < -0.3 is 4.74 Å². The molecule has 2 aromatic rings. The molecule has 1 aromatic carbocycles. The summed E-state index contributed by atoms with van der Waals surface area (Å²) in [5, 5.41) is 4.93. The van der Waals surface area contributed by atoms with Gasteiger partial charge in [0.1, 0.15) is 6.73 Å². The number of nitrogens with zero attached hydrogens (tertiary/aromatic N) is 2. The molecule has 0 amide bonds. The summed E-state index contributed by atoms with van der Waals surface area (Å²) in [5.41, 5.74) is 5.19. The number of hydrogen-bond donors (Lipinski definition) is 0. The van der Waals surface area contributed by atoms with E-state index in [0.29, 0.717) is 24.5 Å². The summed E-state index contributed by atoms with van der Waals surface area (Å²) in [6.45, 7) is 7.50. The van der Waals surface area contributed by atoms with E-state index in [1.807, 2.05) is 0 Å². The van der Waals surface area contributed by atoms with Crippen LogP contribution in [-0.4, -0.2) is 16.9 Å². The Labute approximate surface area is 133 Å². The minimum Gasteiger partial charge on any atom is -0.362 e. The summed E-state index contributed by atoms with van der Waals surface area (Å²) in [7, 11) is 1.74. The van der Waals surface area contributed by atoms with Crippen molar-refractivity contribution in [2.45, 2.75) is 52.2 Å². The Morgan fingerprint density at radius 3 is 2.59 bits per heavy atom. The van der Waals surface area contributed by atoms with Gasteiger partial charge in [0.15, 0.2) is 0 Å². The van der Waals surface area contributed by atoms with Gasteiger partial charge >= 0.3 is 0 Å². The Kier molecular flexibility index (Phi) is 4.34. The van der Waals surface area contributed by atoms with Gasteiger partial charge in [-0.3, -0.25) is 0 Å². The third kappa shape index (κ3) is 2.58. The van der Waals surface area contributed by atoms with E-state index in [9.17, 15) is 0 Å². The van der Waals surface area contributed by atoms with E-state index in [1.54, 1.807) is 7.11 Å². The van der Waals surface area contributed by atoms with Crippen LogP contribution < -0.4 is 0 Å². The van der Waals surface area contributed by atoms with Crippen LogP contribution in [0.4, 0.5) is 0 Å². The smallest absolute Gasteiger partial charge is 0.139 e. The lowest BCUT2D eigenvalue weighted by Gasteiger charge is -2.31. The van der Waals surface area contributed by atoms with E-state index in [1.165, 1.54) is 29.7 Å². The summed E-state index contributed by atoms with van der Waals surface area (Å²) in [6.07, 6.45) is 2.49. The first-order chi connectivity index (χ1) is 10.6. The lowest BCUT2D eigenvalue weighted by Crippen LogP contribution is -2.21. The number of hydrogen-bond acceptors (Lipinski definition) is 2. The van der Waals surface area contributed by atoms with Gasteiger partial charge in [-0.1, -0.05) is 51.1 Å². The third-order valence-electron chi connectivity index (χ3n) is 4.89. The fourth-order valence-corrected chi connectivity index (χ4v) is 3.76. The van der Waals surface area contributed by atoms with Gasteiger partial charge in [-0.25, -0.2) is 4.68 Å². The normalized spacial score (nSPS) is 21.1. The quantitative estimate of drug-likeness (QED) is 0.811. The maximum Gasteiger partial charge on any atom is 0.139 e. The summed E-state index contributed by atoms with van der Waals surface area (Å²) >= 11 is 0. The molecule has 1 aromatic heterocycles. The molecule has 2 atom stereocenters. The van der Waals surface area contributed by atoms with Crippen LogP contribution >= 0.6 is 0 Å². The number of aromatic nitrogens is 2. The maximum atomic E-state index is 5.41. The molecule has 22 heavy (non-hydrogen) atoms. The second kappa shape index (κ2) is 6.25. The van der Waals surface area contributed by atoms with Crippen LogP contribution in [0.3, 0.4) is 0 Å². The van der Waals surface area contributed by atoms with Crippen LogP contribution in [0, 0.1) is 5.92 Å². The van der Waals surface area contributed by atoms with Gasteiger partial charge in [0.05, 0.1) is 5.69 Å². The van der Waals surface area contributed by atoms with Gasteiger partial charge in [0.25, 0.3) is 0 Å². The predicted molar refractivity (Wildman–Crippen MR) is 89.9 cm³/mol. The molecule has 1 aliphatic carbocycles. The first-order valence-corrected chi connectivity index (χ1v) is 8.28. The lowest BCUT2D eigenvalue weighted by molar-refractivity contribution is 0.115. The molecule has 0 unspecified atom stereocenters. The highest BCUT2D eigenvalue weighted by Gasteiger charge is 2.34. The summed E-state index contributed by atoms with van der Waals surface area (Å²) in [4.78, 5) is 0. The highest BCUT2D eigenvalue weighted by molar-refractivity contribution is 5.65. The van der Waals surface area contributed by atoms with Crippen molar-refractivity contribution < 1.29 is 4.74 Å². The largest absolute Gasteiger partial charge is 0.362 e. The molecule has 0 saturated carbocycles. The van der Waals surface area contributed by atoms with E-state index < -0.39 is 0 Å². The minimum absolute atomic E-state index is 0.533. The Bertz CT molecular complexity index is 630. The van der Waals surface area contributed by atoms with Crippen molar-refractivity contribution in [2.24, 2.45) is 5.92 Å². The van der Waals surface area contributed by atoms with Crippen molar-refractivity contribution >= 4 is 0 Å². The zero-order valence-corrected chi connectivity index (χ0v) is 14.0. The zero-order chi connectivity index (χ0) is 15.7. The second-order valence-corrected chi connectivity index (χ2v) is 6.76. The number of methoxy groups -OCH3 is 1. The van der Waals surface area contributed by atoms with E-state index in [2.05, 4.69) is 55.8 Å². The Morgan fingerprint density at radius 2 is 1.95 bits per heavy atom. The number of fused-ring (bicyclic) bond motifs is 1. The van der Waals surface area contributed by atoms with E-state index >= 15 is 0 Å². The molecule has 3 heteroatoms. The highest BCUT2D eigenvalue weighted by Crippen LogP contribution is 2.46. The van der Waals surface area contributed by atoms with Crippen LogP contribution in [0.15, 0.2) is 30.3 Å². The van der Waals surface area contributed by atoms with Crippen LogP contribution in [-0.2, 0) is 11.5 Å². The topological polar surface area (TPSA) is 27.1 Å². The van der Waals surface area contributed by atoms with Gasteiger partial charge in [-0.15, -0.1) is 0 Å². The maximum absolute atomic E-state index is 5.41. The lowest BCUT2D eigenvalue weighted by atomic mass is 9.75. The first kappa shape index (κ1) is 15.3. The first-order valence-electron chi connectivity index (χ1n) is 8.28. The number of ether oxygens (including phenoxy) is 1. The fourth-order valence-electron chi connectivity index (χ4n) is 3.76. The highest BCUT2D eigenvalue weighted by atomic mass is 16.5. The van der Waals surface area contributed by atoms with Crippen LogP contribution in [0.1, 0.15) is 56.7 Å². The second-order valence-electron chi connectivity index (χ2n) is 6.76. The molecule has 1 aliphatic rings. The van der Waals surface area contributed by atoms with Gasteiger partial charge in [-0.05, 0) is 24.7 Å². The van der Waals surface area contributed by atoms with Crippen LogP contribution in [0.5, 0.6) is 0 Å². The molecule has 0 saturated heterocycles. The SMILES string of the molecule is COCn1nc(-c2ccccc2)c2c1[C@@H](C(C)C)CC[C@@H]2C. The average molecular weight is 298 g/mol. The molecule has 118 valence electrons. The standard InChI is InChI=1S/C19H26N2O/c1-13(2)16-11-10-14(3)17-18(15-8-6-5-7-9-15)20-21(12-22-4)19(16)17/h5-9,13-14,16H,10-12H2,1-4H3/t14-,16+/m0/s1. The molecule has 0 fully saturated rings. The van der Waals surface area contributed by atoms with Crippen molar-refractivity contribution in [3.8, 4) is 11.3 Å². The molecule has 0 N–H and O–H groups in total. The van der Waals surface area contributed by atoms with Crippen molar-refractivity contribution in [3.05, 3.63) is 41.6 Å². The fraction of sp³-hybridized carbons (Fsp3) is 0.526. The molecule has 0 bridgehead atoms. The Balaban J connectivity index is 2.19. The molecule has 3 rings (SSSR count). The van der Waals surface area contributed by atoms with Crippen molar-refractivity contribution in [1.29, 1.82) is 0 Å². The monoisotopic (exact) mass is 298 g/mol. The molecule has 1 heterocycles. The molecule has 3 nitrogen and oxygen atoms in total. The van der Waals surface area contributed by atoms with Crippen LogP contribution in [0.2, 0.25) is 0 Å². The van der Waals surface area contributed by atoms with Gasteiger partial charge in [0.2, 0.25) is 0 Å². The molecule has 0 spiro atoms. The number of rotatable bonds is 4. The Morgan fingerprint density at radius 1 is 1.23 bits per heavy atom. The predicted octanol–water partition coefficient (Wildman–Crippen LogP) is 4.79. The van der Waals surface area contributed by atoms with E-state index in [4.69, 9.17) is 9.84 Å². The van der Waals surface area contributed by atoms with E-state index in [-0.39, 0.29) is 0 Å². The van der Waals surface area contributed by atoms with Gasteiger partial charge in [0, 0.05) is 29.8 Å². The van der Waals surface area contributed by atoms with Crippen molar-refractivity contribution in [3.63, 3.8) is 0 Å². The van der Waals surface area contributed by atoms with Crippen molar-refractivity contribution in [2.75, 3.05) is 7.11 Å².